The summed E-state index contributed by atoms with van der Waals surface area (Å²) in [4.78, 5) is 18.2. The number of nitrogens with zero attached hydrogens (tertiary/aromatic N) is 4. The summed E-state index contributed by atoms with van der Waals surface area (Å²) in [6.07, 6.45) is 2.54. The lowest BCUT2D eigenvalue weighted by Crippen LogP contribution is -2.28. The fourth-order valence-electron chi connectivity index (χ4n) is 3.55. The average Bonchev–Trinajstić information content (AvgIpc) is 3.42. The average molecular weight is 408 g/mol. The lowest BCUT2D eigenvalue weighted by atomic mass is 9.83. The Morgan fingerprint density at radius 3 is 2.57 bits per heavy atom. The number of carbonyl (C=O) groups excluding carboxylic acids is 1. The van der Waals surface area contributed by atoms with Gasteiger partial charge in [-0.1, -0.05) is 31.9 Å². The first-order valence-electron chi connectivity index (χ1n) is 10.4. The third-order valence-electron chi connectivity index (χ3n) is 5.53. The fraction of sp³-hybridized carbons (Fsp3) is 0.478. The Kier molecular flexibility index (Phi) is 5.00. The van der Waals surface area contributed by atoms with Crippen LogP contribution < -0.4 is 5.32 Å². The maximum atomic E-state index is 11.8. The fourth-order valence-corrected chi connectivity index (χ4v) is 3.55. The van der Waals surface area contributed by atoms with E-state index in [2.05, 4.69) is 55.3 Å². The van der Waals surface area contributed by atoms with Gasteiger partial charge < -0.3 is 14.6 Å². The molecule has 1 aliphatic rings. The van der Waals surface area contributed by atoms with Gasteiger partial charge in [-0.3, -0.25) is 4.79 Å². The number of hydrogen-bond donors (Lipinski definition) is 1. The van der Waals surface area contributed by atoms with E-state index in [9.17, 15) is 4.79 Å². The van der Waals surface area contributed by atoms with Crippen molar-refractivity contribution in [2.45, 2.75) is 51.9 Å². The van der Waals surface area contributed by atoms with Crippen LogP contribution >= 0.6 is 0 Å². The minimum atomic E-state index is -0.0734. The quantitative estimate of drug-likeness (QED) is 0.680. The summed E-state index contributed by atoms with van der Waals surface area (Å²) < 4.78 is 5.73. The molecule has 1 aliphatic carbocycles. The second kappa shape index (κ2) is 7.38. The topological polar surface area (TPSA) is 84.2 Å². The number of carbonyl (C=O) groups is 1. The van der Waals surface area contributed by atoms with Crippen molar-refractivity contribution in [1.82, 2.24) is 20.1 Å². The smallest absolute Gasteiger partial charge is 0.316 e. The Morgan fingerprint density at radius 1 is 1.20 bits per heavy atom. The molecule has 0 aliphatic heterocycles. The van der Waals surface area contributed by atoms with Crippen LogP contribution in [-0.4, -0.2) is 46.6 Å². The zero-order valence-electron chi connectivity index (χ0n) is 18.5. The highest BCUT2D eigenvalue weighted by Gasteiger charge is 2.28. The van der Waals surface area contributed by atoms with Crippen LogP contribution in [0, 0.1) is 6.92 Å². The molecule has 158 valence electrons. The third-order valence-corrected chi connectivity index (χ3v) is 5.53. The maximum absolute atomic E-state index is 11.8. The van der Waals surface area contributed by atoms with E-state index in [4.69, 9.17) is 9.40 Å². The third kappa shape index (κ3) is 4.01. The van der Waals surface area contributed by atoms with Gasteiger partial charge in [-0.05, 0) is 59.9 Å². The molecule has 0 radical (unpaired) electrons. The van der Waals surface area contributed by atoms with Crippen LogP contribution in [0.2, 0.25) is 0 Å². The molecule has 1 amide bonds. The molecule has 0 atom stereocenters. The van der Waals surface area contributed by atoms with Crippen LogP contribution in [-0.2, 0) is 10.2 Å². The Labute approximate surface area is 176 Å². The normalized spacial score (nSPS) is 14.2. The largest absolute Gasteiger partial charge is 0.402 e. The summed E-state index contributed by atoms with van der Waals surface area (Å²) in [7, 11) is 3.40. The molecular weight excluding hydrogens is 378 g/mol. The molecule has 1 aromatic carbocycles. The Bertz CT molecular complexity index is 1110. The number of aryl methyl sites for hydroxylation is 1. The van der Waals surface area contributed by atoms with Crippen LogP contribution in [0.15, 0.2) is 22.6 Å². The second-order valence-corrected chi connectivity index (χ2v) is 9.37. The highest BCUT2D eigenvalue weighted by atomic mass is 16.4. The van der Waals surface area contributed by atoms with Crippen molar-refractivity contribution < 1.29 is 9.21 Å². The second-order valence-electron chi connectivity index (χ2n) is 9.37. The Balaban J connectivity index is 1.72. The van der Waals surface area contributed by atoms with Crippen LogP contribution in [0.5, 0.6) is 0 Å². The Morgan fingerprint density at radius 2 is 1.93 bits per heavy atom. The zero-order valence-corrected chi connectivity index (χ0v) is 18.5. The predicted molar refractivity (Wildman–Crippen MR) is 118 cm³/mol. The summed E-state index contributed by atoms with van der Waals surface area (Å²) in [5, 5.41) is 12.2. The molecule has 1 N–H and O–H groups in total. The molecule has 0 saturated heterocycles. The van der Waals surface area contributed by atoms with E-state index in [1.54, 1.807) is 14.1 Å². The van der Waals surface area contributed by atoms with E-state index in [1.807, 2.05) is 6.07 Å². The van der Waals surface area contributed by atoms with Crippen molar-refractivity contribution in [2.24, 2.45) is 0 Å². The number of rotatable bonds is 5. The molecule has 0 spiro atoms. The van der Waals surface area contributed by atoms with Gasteiger partial charge in [-0.25, -0.2) is 4.98 Å². The first-order chi connectivity index (χ1) is 14.1. The van der Waals surface area contributed by atoms with Crippen LogP contribution in [0.1, 0.15) is 56.2 Å². The number of likely N-dealkylation sites (N-methyl/N-ethyl adjacent to an activating group) is 1. The molecule has 4 rings (SSSR count). The van der Waals surface area contributed by atoms with E-state index >= 15 is 0 Å². The molecule has 30 heavy (non-hydrogen) atoms. The number of nitrogens with one attached hydrogen (secondary N) is 1. The number of fused-ring (bicyclic) bond motifs is 1. The monoisotopic (exact) mass is 407 g/mol. The van der Waals surface area contributed by atoms with E-state index < -0.39 is 0 Å². The highest BCUT2D eigenvalue weighted by Crippen LogP contribution is 2.43. The summed E-state index contributed by atoms with van der Waals surface area (Å²) >= 11 is 0. The number of amides is 1. The van der Waals surface area contributed by atoms with E-state index in [-0.39, 0.29) is 23.9 Å². The molecule has 2 heterocycles. The van der Waals surface area contributed by atoms with Crippen molar-refractivity contribution in [1.29, 1.82) is 0 Å². The number of aromatic nitrogens is 3. The molecule has 1 saturated carbocycles. The van der Waals surface area contributed by atoms with Crippen molar-refractivity contribution in [3.05, 3.63) is 34.9 Å². The molecule has 0 unspecified atom stereocenters. The van der Waals surface area contributed by atoms with Gasteiger partial charge in [0.15, 0.2) is 0 Å². The van der Waals surface area contributed by atoms with Gasteiger partial charge >= 0.3 is 6.01 Å². The van der Waals surface area contributed by atoms with E-state index in [0.717, 1.165) is 11.1 Å². The van der Waals surface area contributed by atoms with Gasteiger partial charge in [0.25, 0.3) is 5.89 Å². The minimum Gasteiger partial charge on any atom is -0.402 e. The lowest BCUT2D eigenvalue weighted by molar-refractivity contribution is -0.126. The van der Waals surface area contributed by atoms with Gasteiger partial charge in [0.1, 0.15) is 5.69 Å². The highest BCUT2D eigenvalue weighted by molar-refractivity contribution is 5.88. The lowest BCUT2D eigenvalue weighted by Gasteiger charge is -2.23. The summed E-state index contributed by atoms with van der Waals surface area (Å²) in [6.45, 7) is 8.86. The number of hydrogen-bond acceptors (Lipinski definition) is 6. The van der Waals surface area contributed by atoms with Crippen molar-refractivity contribution in [3.8, 4) is 11.6 Å². The Hall–Kier alpha value is -2.96. The predicted octanol–water partition coefficient (Wildman–Crippen LogP) is 4.27. The number of anilines is 1. The summed E-state index contributed by atoms with van der Waals surface area (Å²) in [5.41, 5.74) is 5.39. The molecule has 0 bridgehead atoms. The number of benzene rings is 1. The molecule has 7 nitrogen and oxygen atoms in total. The van der Waals surface area contributed by atoms with Crippen LogP contribution in [0.4, 0.5) is 6.01 Å². The number of pyridine rings is 1. The van der Waals surface area contributed by atoms with Crippen molar-refractivity contribution >= 4 is 22.8 Å². The van der Waals surface area contributed by atoms with E-state index in [0.29, 0.717) is 17.5 Å². The molecular formula is C23H29N5O2. The molecule has 2 aromatic heterocycles. The van der Waals surface area contributed by atoms with Crippen molar-refractivity contribution in [2.75, 3.05) is 26.0 Å². The van der Waals surface area contributed by atoms with Gasteiger partial charge in [0, 0.05) is 19.5 Å². The van der Waals surface area contributed by atoms with Crippen LogP contribution in [0.25, 0.3) is 22.5 Å². The van der Waals surface area contributed by atoms with Gasteiger partial charge in [0.05, 0.1) is 12.1 Å². The van der Waals surface area contributed by atoms with Crippen LogP contribution in [0.3, 0.4) is 0 Å². The minimum absolute atomic E-state index is 0.0324. The standard InChI is InChI=1S/C23H29N5O2/c1-13-9-18(21-26-27-22(30-21)24-12-19(29)28(5)6)25-20-16(13)10-15(14-7-8-14)11-17(20)23(2,3)4/h9-11,14H,7-8,12H2,1-6H3,(H,24,27). The SMILES string of the molecule is Cc1cc(-c2nnc(NCC(=O)N(C)C)o2)nc2c(C(C)(C)C)cc(C3CC3)cc12. The molecule has 7 heteroatoms. The first kappa shape index (κ1) is 20.3. The summed E-state index contributed by atoms with van der Waals surface area (Å²) in [5.74, 6) is 0.950. The molecule has 3 aromatic rings. The van der Waals surface area contributed by atoms with Gasteiger partial charge in [0.2, 0.25) is 5.91 Å². The maximum Gasteiger partial charge on any atom is 0.316 e. The first-order valence-corrected chi connectivity index (χ1v) is 10.4. The van der Waals surface area contributed by atoms with Gasteiger partial charge in [-0.2, -0.15) is 0 Å². The van der Waals surface area contributed by atoms with Gasteiger partial charge in [-0.15, -0.1) is 5.10 Å². The van der Waals surface area contributed by atoms with E-state index in [1.165, 1.54) is 34.3 Å². The zero-order chi connectivity index (χ0) is 21.6. The molecule has 1 fully saturated rings. The summed E-state index contributed by atoms with van der Waals surface area (Å²) in [6, 6.07) is 6.82. The van der Waals surface area contributed by atoms with Crippen molar-refractivity contribution in [3.63, 3.8) is 0 Å².